The third-order valence-corrected chi connectivity index (χ3v) is 3.56. The molecule has 0 amide bonds. The smallest absolute Gasteiger partial charge is 0.0667 e. The van der Waals surface area contributed by atoms with E-state index in [0.717, 1.165) is 25.9 Å². The van der Waals surface area contributed by atoms with Crippen molar-refractivity contribution >= 4 is 0 Å². The zero-order chi connectivity index (χ0) is 15.3. The van der Waals surface area contributed by atoms with Gasteiger partial charge >= 0.3 is 0 Å². The normalized spacial score (nSPS) is 13.2. The molecule has 0 unspecified atom stereocenters. The highest BCUT2D eigenvalue weighted by Crippen LogP contribution is 2.10. The predicted octanol–water partition coefficient (Wildman–Crippen LogP) is 4.71. The highest BCUT2D eigenvalue weighted by molar-refractivity contribution is 5.16. The Labute approximate surface area is 130 Å². The summed E-state index contributed by atoms with van der Waals surface area (Å²) in [5.41, 5.74) is 2.74. The zero-order valence-electron chi connectivity index (χ0n) is 13.9. The highest BCUT2D eigenvalue weighted by atomic mass is 16.5. The van der Waals surface area contributed by atoms with Crippen molar-refractivity contribution in [1.82, 2.24) is 5.32 Å². The minimum absolute atomic E-state index is 0.345. The summed E-state index contributed by atoms with van der Waals surface area (Å²) in [6.07, 6.45) is 9.34. The molecule has 0 spiro atoms. The van der Waals surface area contributed by atoms with Gasteiger partial charge in [-0.15, -0.1) is 0 Å². The second-order valence-corrected chi connectivity index (χ2v) is 5.61. The Morgan fingerprint density at radius 2 is 1.95 bits per heavy atom. The maximum atomic E-state index is 5.40. The number of allylic oxidation sites excluding steroid dienone is 2. The summed E-state index contributed by atoms with van der Waals surface area (Å²) in [6.45, 7) is 5.21. The molecule has 1 N–H and O–H groups in total. The molecule has 2 nitrogen and oxygen atoms in total. The van der Waals surface area contributed by atoms with Crippen LogP contribution in [-0.2, 0) is 11.2 Å². The molecule has 118 valence electrons. The fraction of sp³-hybridized carbons (Fsp3) is 0.579. The molecule has 1 atom stereocenters. The summed E-state index contributed by atoms with van der Waals surface area (Å²) in [5, 5.41) is 3.71. The molecular weight excluding hydrogens is 258 g/mol. The van der Waals surface area contributed by atoms with Crippen LogP contribution in [0.5, 0.6) is 0 Å². The molecule has 0 saturated carbocycles. The van der Waals surface area contributed by atoms with Crippen LogP contribution in [0.1, 0.15) is 51.5 Å². The Kier molecular flexibility index (Phi) is 9.64. The standard InChI is InChI=1S/C19H31NO/c1-4-6-13-18(14-7-5-2)20-19(16-21-3)15-17-11-9-8-10-12-17/h8-13,19-20H,4-7,14-16H2,1-3H3/b18-13-/t19-/m0/s1. The van der Waals surface area contributed by atoms with Crippen LogP contribution in [0.2, 0.25) is 0 Å². The number of hydrogen-bond donors (Lipinski definition) is 1. The molecule has 1 aromatic rings. The second kappa shape index (κ2) is 11.4. The second-order valence-electron chi connectivity index (χ2n) is 5.61. The number of unbranched alkanes of at least 4 members (excludes halogenated alkanes) is 2. The first-order chi connectivity index (χ1) is 10.3. The minimum Gasteiger partial charge on any atom is -0.383 e. The molecule has 0 saturated heterocycles. The van der Waals surface area contributed by atoms with Crippen molar-refractivity contribution in [3.05, 3.63) is 47.7 Å². The molecule has 1 rings (SSSR count). The molecule has 0 aliphatic carbocycles. The van der Waals surface area contributed by atoms with E-state index in [2.05, 4.69) is 55.6 Å². The SMILES string of the molecule is CCC/C=C(/CCCC)N[C@H](COC)Cc1ccccc1. The van der Waals surface area contributed by atoms with Crippen molar-refractivity contribution in [2.24, 2.45) is 0 Å². The first kappa shape index (κ1) is 17.8. The molecule has 21 heavy (non-hydrogen) atoms. The van der Waals surface area contributed by atoms with E-state index in [4.69, 9.17) is 4.74 Å². The summed E-state index contributed by atoms with van der Waals surface area (Å²) < 4.78 is 5.40. The minimum atomic E-state index is 0.345. The van der Waals surface area contributed by atoms with Crippen LogP contribution in [-0.4, -0.2) is 19.8 Å². The average Bonchev–Trinajstić information content (AvgIpc) is 2.51. The van der Waals surface area contributed by atoms with Gasteiger partial charge in [0.25, 0.3) is 0 Å². The lowest BCUT2D eigenvalue weighted by molar-refractivity contribution is 0.169. The van der Waals surface area contributed by atoms with E-state index in [-0.39, 0.29) is 0 Å². The van der Waals surface area contributed by atoms with Crippen molar-refractivity contribution in [1.29, 1.82) is 0 Å². The molecule has 0 bridgehead atoms. The number of methoxy groups -OCH3 is 1. The van der Waals surface area contributed by atoms with Crippen LogP contribution in [0.15, 0.2) is 42.1 Å². The van der Waals surface area contributed by atoms with Crippen molar-refractivity contribution in [2.75, 3.05) is 13.7 Å². The van der Waals surface area contributed by atoms with E-state index in [1.54, 1.807) is 7.11 Å². The van der Waals surface area contributed by atoms with Crippen molar-refractivity contribution in [2.45, 2.75) is 58.4 Å². The molecule has 2 heteroatoms. The van der Waals surface area contributed by atoms with Gasteiger partial charge in [-0.1, -0.05) is 63.1 Å². The molecule has 0 aliphatic heterocycles. The average molecular weight is 289 g/mol. The number of rotatable bonds is 11. The van der Waals surface area contributed by atoms with Gasteiger partial charge in [-0.25, -0.2) is 0 Å². The van der Waals surface area contributed by atoms with Crippen LogP contribution in [0.4, 0.5) is 0 Å². The quantitative estimate of drug-likeness (QED) is 0.637. The van der Waals surface area contributed by atoms with Crippen LogP contribution >= 0.6 is 0 Å². The summed E-state index contributed by atoms with van der Waals surface area (Å²) in [4.78, 5) is 0. The molecule has 0 aliphatic rings. The molecule has 1 aromatic carbocycles. The van der Waals surface area contributed by atoms with Crippen molar-refractivity contribution in [3.8, 4) is 0 Å². The molecule has 0 fully saturated rings. The van der Waals surface area contributed by atoms with E-state index in [0.29, 0.717) is 6.04 Å². The fourth-order valence-electron chi connectivity index (χ4n) is 2.43. The zero-order valence-corrected chi connectivity index (χ0v) is 13.9. The Morgan fingerprint density at radius 3 is 2.57 bits per heavy atom. The number of hydrogen-bond acceptors (Lipinski definition) is 2. The lowest BCUT2D eigenvalue weighted by Crippen LogP contribution is -2.34. The van der Waals surface area contributed by atoms with Crippen molar-refractivity contribution in [3.63, 3.8) is 0 Å². The Morgan fingerprint density at radius 1 is 1.19 bits per heavy atom. The summed E-state index contributed by atoms with van der Waals surface area (Å²) in [6, 6.07) is 11.0. The fourth-order valence-corrected chi connectivity index (χ4v) is 2.43. The topological polar surface area (TPSA) is 21.3 Å². The highest BCUT2D eigenvalue weighted by Gasteiger charge is 2.10. The lowest BCUT2D eigenvalue weighted by Gasteiger charge is -2.22. The van der Waals surface area contributed by atoms with Gasteiger partial charge in [-0.05, 0) is 31.2 Å². The van der Waals surface area contributed by atoms with E-state index < -0.39 is 0 Å². The van der Waals surface area contributed by atoms with Crippen LogP contribution in [0.25, 0.3) is 0 Å². The Bertz CT molecular complexity index is 386. The number of ether oxygens (including phenoxy) is 1. The van der Waals surface area contributed by atoms with Gasteiger partial charge in [0.15, 0.2) is 0 Å². The van der Waals surface area contributed by atoms with E-state index in [1.807, 2.05) is 0 Å². The number of nitrogens with one attached hydrogen (secondary N) is 1. The third kappa shape index (κ3) is 7.91. The molecule has 0 heterocycles. The largest absolute Gasteiger partial charge is 0.383 e. The summed E-state index contributed by atoms with van der Waals surface area (Å²) >= 11 is 0. The maximum Gasteiger partial charge on any atom is 0.0667 e. The van der Waals surface area contributed by atoms with Gasteiger partial charge in [-0.2, -0.15) is 0 Å². The van der Waals surface area contributed by atoms with Gasteiger partial charge in [0.1, 0.15) is 0 Å². The first-order valence-electron chi connectivity index (χ1n) is 8.28. The van der Waals surface area contributed by atoms with Crippen LogP contribution in [0.3, 0.4) is 0 Å². The first-order valence-corrected chi connectivity index (χ1v) is 8.28. The number of benzene rings is 1. The van der Waals surface area contributed by atoms with Gasteiger partial charge in [0.05, 0.1) is 12.6 Å². The van der Waals surface area contributed by atoms with Gasteiger partial charge < -0.3 is 10.1 Å². The lowest BCUT2D eigenvalue weighted by atomic mass is 10.0. The predicted molar refractivity (Wildman–Crippen MR) is 91.5 cm³/mol. The van der Waals surface area contributed by atoms with Gasteiger partial charge in [-0.3, -0.25) is 0 Å². The van der Waals surface area contributed by atoms with E-state index >= 15 is 0 Å². The van der Waals surface area contributed by atoms with E-state index in [1.165, 1.54) is 30.5 Å². The van der Waals surface area contributed by atoms with Gasteiger partial charge in [0, 0.05) is 12.8 Å². The van der Waals surface area contributed by atoms with Gasteiger partial charge in [0.2, 0.25) is 0 Å². The molecule has 0 radical (unpaired) electrons. The van der Waals surface area contributed by atoms with E-state index in [9.17, 15) is 0 Å². The summed E-state index contributed by atoms with van der Waals surface area (Å²) in [5.74, 6) is 0. The Balaban J connectivity index is 2.64. The maximum absolute atomic E-state index is 5.40. The summed E-state index contributed by atoms with van der Waals surface area (Å²) in [7, 11) is 1.78. The monoisotopic (exact) mass is 289 g/mol. The van der Waals surface area contributed by atoms with Crippen LogP contribution in [0, 0.1) is 0 Å². The Hall–Kier alpha value is -1.28. The molecule has 0 aromatic heterocycles. The van der Waals surface area contributed by atoms with Crippen LogP contribution < -0.4 is 5.32 Å². The molecular formula is C19H31NO. The third-order valence-electron chi connectivity index (χ3n) is 3.56. The van der Waals surface area contributed by atoms with Crippen molar-refractivity contribution < 1.29 is 4.74 Å².